The Kier molecular flexibility index (Phi) is 8.79. The first-order valence-electron chi connectivity index (χ1n) is 9.87. The number of esters is 1. The van der Waals surface area contributed by atoms with E-state index in [1.807, 2.05) is 60.7 Å². The fourth-order valence-electron chi connectivity index (χ4n) is 3.36. The van der Waals surface area contributed by atoms with Crippen molar-refractivity contribution in [1.29, 1.82) is 0 Å². The fourth-order valence-corrected chi connectivity index (χ4v) is 4.49. The summed E-state index contributed by atoms with van der Waals surface area (Å²) in [6, 6.07) is 18.1. The third kappa shape index (κ3) is 6.40. The molecule has 1 aliphatic heterocycles. The molecule has 11 heteroatoms. The molecule has 0 aliphatic carbocycles. The Bertz CT molecular complexity index is 982. The van der Waals surface area contributed by atoms with Crippen LogP contribution in [0.1, 0.15) is 12.5 Å². The first-order valence-corrected chi connectivity index (χ1v) is 10.8. The molecule has 0 amide bonds. The van der Waals surface area contributed by atoms with Crippen LogP contribution < -0.4 is 0 Å². The van der Waals surface area contributed by atoms with Crippen LogP contribution in [0.3, 0.4) is 0 Å². The number of rotatable bonds is 9. The molecule has 32 heavy (non-hydrogen) atoms. The summed E-state index contributed by atoms with van der Waals surface area (Å²) in [6.07, 6.45) is -2.52. The molecular weight excluding hydrogens is 432 g/mol. The fraction of sp³-hybridized carbons (Fsp3) is 0.381. The summed E-state index contributed by atoms with van der Waals surface area (Å²) in [5.74, 6) is -0.549. The van der Waals surface area contributed by atoms with Crippen LogP contribution in [-0.4, -0.2) is 42.3 Å². The van der Waals surface area contributed by atoms with Crippen LogP contribution in [0.2, 0.25) is 0 Å². The minimum absolute atomic E-state index is 0.0749. The predicted octanol–water partition coefficient (Wildman–Crippen LogP) is 5.01. The van der Waals surface area contributed by atoms with Crippen LogP contribution in [0.25, 0.3) is 20.9 Å². The van der Waals surface area contributed by atoms with E-state index in [1.54, 1.807) is 0 Å². The molecule has 2 aromatic carbocycles. The van der Waals surface area contributed by atoms with Gasteiger partial charge in [-0.25, -0.2) is 0 Å². The van der Waals surface area contributed by atoms with Crippen LogP contribution in [-0.2, 0) is 25.6 Å². The van der Waals surface area contributed by atoms with Gasteiger partial charge in [-0.15, -0.1) is 0 Å². The van der Waals surface area contributed by atoms with Crippen molar-refractivity contribution >= 4 is 17.7 Å². The van der Waals surface area contributed by atoms with Crippen molar-refractivity contribution < 1.29 is 19.0 Å². The van der Waals surface area contributed by atoms with Gasteiger partial charge >= 0.3 is 5.97 Å². The minimum Gasteiger partial charge on any atom is -0.457 e. The van der Waals surface area contributed by atoms with Gasteiger partial charge in [-0.2, -0.15) is 0 Å². The molecule has 10 nitrogen and oxygen atoms in total. The normalized spacial score (nSPS) is 24.6. The highest BCUT2D eigenvalue weighted by Crippen LogP contribution is 2.37. The molecule has 1 unspecified atom stereocenters. The zero-order valence-electron chi connectivity index (χ0n) is 17.3. The van der Waals surface area contributed by atoms with Gasteiger partial charge in [0.05, 0.1) is 13.2 Å². The van der Waals surface area contributed by atoms with Gasteiger partial charge in [-0.3, -0.25) is 4.79 Å². The van der Waals surface area contributed by atoms with Crippen molar-refractivity contribution in [3.05, 3.63) is 87.1 Å². The van der Waals surface area contributed by atoms with Crippen molar-refractivity contribution in [2.75, 3.05) is 6.54 Å². The van der Waals surface area contributed by atoms with E-state index in [-0.39, 0.29) is 13.2 Å². The lowest BCUT2D eigenvalue weighted by molar-refractivity contribution is -0.198. The van der Waals surface area contributed by atoms with Crippen molar-refractivity contribution in [3.63, 3.8) is 0 Å². The molecule has 0 spiro atoms. The number of thioether (sulfide) groups is 1. The Labute approximate surface area is 189 Å². The van der Waals surface area contributed by atoms with E-state index in [0.29, 0.717) is 0 Å². The summed E-state index contributed by atoms with van der Waals surface area (Å²) in [5, 5.41) is 7.56. The van der Waals surface area contributed by atoms with Crippen LogP contribution in [0, 0.1) is 0 Å². The number of azide groups is 2. The number of benzene rings is 2. The van der Waals surface area contributed by atoms with Crippen LogP contribution in [0.5, 0.6) is 0 Å². The number of hydrogen-bond acceptors (Lipinski definition) is 7. The molecule has 1 aliphatic rings. The maximum absolute atomic E-state index is 11.8. The van der Waals surface area contributed by atoms with Crippen LogP contribution >= 0.6 is 11.8 Å². The molecule has 3 rings (SSSR count). The zero-order chi connectivity index (χ0) is 22.8. The van der Waals surface area contributed by atoms with Gasteiger partial charge in [0, 0.05) is 21.6 Å². The van der Waals surface area contributed by atoms with E-state index in [0.717, 1.165) is 10.5 Å². The van der Waals surface area contributed by atoms with Crippen molar-refractivity contribution in [3.8, 4) is 0 Å². The molecule has 1 heterocycles. The lowest BCUT2D eigenvalue weighted by atomic mass is 9.97. The summed E-state index contributed by atoms with van der Waals surface area (Å²) in [6.45, 7) is 1.40. The van der Waals surface area contributed by atoms with Gasteiger partial charge in [0.2, 0.25) is 0 Å². The molecule has 2 aromatic rings. The second-order valence-electron chi connectivity index (χ2n) is 6.92. The van der Waals surface area contributed by atoms with Gasteiger partial charge in [-0.05, 0) is 28.8 Å². The molecule has 5 atom stereocenters. The topological polar surface area (TPSA) is 142 Å². The highest BCUT2D eigenvalue weighted by atomic mass is 32.2. The van der Waals surface area contributed by atoms with E-state index in [9.17, 15) is 10.3 Å². The third-order valence-electron chi connectivity index (χ3n) is 4.71. The first-order chi connectivity index (χ1) is 15.6. The number of hydrogen-bond donors (Lipinski definition) is 0. The van der Waals surface area contributed by atoms with Gasteiger partial charge in [0.15, 0.2) is 6.10 Å². The zero-order valence-corrected chi connectivity index (χ0v) is 18.1. The summed E-state index contributed by atoms with van der Waals surface area (Å²) in [4.78, 5) is 18.5. The molecule has 0 N–H and O–H groups in total. The molecule has 1 saturated heterocycles. The van der Waals surface area contributed by atoms with Crippen molar-refractivity contribution in [1.82, 2.24) is 0 Å². The third-order valence-corrected chi connectivity index (χ3v) is 5.87. The summed E-state index contributed by atoms with van der Waals surface area (Å²) in [7, 11) is 0. The standard InChI is InChI=1S/C21H22N6O4S/c1-14(28)30-19-17(12-24-26-22)31-21(32-16-10-6-3-7-11-16)18(25-27-23)20(19)29-13-15-8-4-2-5-9-15/h2-11,17-21H,12-13H2,1H3/t17-,18-,19-,20-,21?/m1/s1. The first kappa shape index (κ1) is 23.5. The summed E-state index contributed by atoms with van der Waals surface area (Å²) >= 11 is 1.35. The number of ether oxygens (including phenoxy) is 3. The van der Waals surface area contributed by atoms with Crippen molar-refractivity contribution in [2.45, 2.75) is 48.2 Å². The van der Waals surface area contributed by atoms with Gasteiger partial charge in [-0.1, -0.05) is 70.5 Å². The smallest absolute Gasteiger partial charge is 0.303 e. The monoisotopic (exact) mass is 454 g/mol. The largest absolute Gasteiger partial charge is 0.457 e. The molecular formula is C21H22N6O4S. The lowest BCUT2D eigenvalue weighted by Crippen LogP contribution is -2.59. The number of carbonyl (C=O) groups is 1. The minimum atomic E-state index is -0.926. The van der Waals surface area contributed by atoms with E-state index in [2.05, 4.69) is 20.1 Å². The number of nitrogens with zero attached hydrogens (tertiary/aromatic N) is 6. The Hall–Kier alpha value is -3.20. The van der Waals surface area contributed by atoms with E-state index in [1.165, 1.54) is 18.7 Å². The quantitative estimate of drug-likeness (QED) is 0.226. The average molecular weight is 455 g/mol. The SMILES string of the molecule is CC(=O)O[C@H]1[C@H](OCc2ccccc2)[C@@H](N=[N+]=[N-])C(Sc2ccccc2)O[C@@H]1CN=[N+]=[N-]. The Morgan fingerprint density at radius 1 is 1.06 bits per heavy atom. The average Bonchev–Trinajstić information content (AvgIpc) is 2.80. The van der Waals surface area contributed by atoms with Crippen LogP contribution in [0.4, 0.5) is 0 Å². The molecule has 0 aromatic heterocycles. The lowest BCUT2D eigenvalue weighted by Gasteiger charge is -2.44. The Balaban J connectivity index is 1.94. The maximum Gasteiger partial charge on any atom is 0.303 e. The van der Waals surface area contributed by atoms with E-state index in [4.69, 9.17) is 19.7 Å². The van der Waals surface area contributed by atoms with Crippen molar-refractivity contribution in [2.24, 2.45) is 10.2 Å². The second-order valence-corrected chi connectivity index (χ2v) is 8.09. The summed E-state index contributed by atoms with van der Waals surface area (Å²) in [5.41, 5.74) is 18.3. The van der Waals surface area contributed by atoms with Gasteiger partial charge < -0.3 is 14.2 Å². The van der Waals surface area contributed by atoms with E-state index >= 15 is 0 Å². The Morgan fingerprint density at radius 2 is 1.75 bits per heavy atom. The van der Waals surface area contributed by atoms with Crippen LogP contribution in [0.15, 0.2) is 75.8 Å². The highest BCUT2D eigenvalue weighted by molar-refractivity contribution is 7.99. The molecule has 0 radical (unpaired) electrons. The predicted molar refractivity (Wildman–Crippen MR) is 118 cm³/mol. The second kappa shape index (κ2) is 12.0. The maximum atomic E-state index is 11.8. The Morgan fingerprint density at radius 3 is 2.38 bits per heavy atom. The molecule has 1 fully saturated rings. The number of carbonyl (C=O) groups excluding carboxylic acids is 1. The van der Waals surface area contributed by atoms with Gasteiger partial charge in [0.25, 0.3) is 0 Å². The summed E-state index contributed by atoms with van der Waals surface area (Å²) < 4.78 is 17.8. The molecule has 0 bridgehead atoms. The highest BCUT2D eigenvalue weighted by Gasteiger charge is 2.48. The molecule has 166 valence electrons. The van der Waals surface area contributed by atoms with Gasteiger partial charge in [0.1, 0.15) is 23.7 Å². The van der Waals surface area contributed by atoms with E-state index < -0.39 is 35.8 Å². The molecule has 0 saturated carbocycles.